The van der Waals surface area contributed by atoms with Crippen LogP contribution in [-0.4, -0.2) is 51.6 Å². The molecule has 1 atom stereocenters. The summed E-state index contributed by atoms with van der Waals surface area (Å²) in [6.45, 7) is 7.69. The number of hydrogen-bond donors (Lipinski definition) is 2. The molecule has 1 aliphatic rings. The number of fused-ring (bicyclic) bond motifs is 1. The van der Waals surface area contributed by atoms with Crippen molar-refractivity contribution in [2.75, 3.05) is 30.4 Å². The second kappa shape index (κ2) is 11.3. The number of carbonyl (C=O) groups is 1. The molecule has 40 heavy (non-hydrogen) atoms. The van der Waals surface area contributed by atoms with Crippen molar-refractivity contribution in [1.82, 2.24) is 24.8 Å². The summed E-state index contributed by atoms with van der Waals surface area (Å²) in [6, 6.07) is 12.4. The Balaban J connectivity index is 1.59. The topological polar surface area (TPSA) is 105 Å². The molecular weight excluding hydrogens is 502 g/mol. The number of nitrogens with one attached hydrogen (secondary N) is 2. The summed E-state index contributed by atoms with van der Waals surface area (Å²) in [4.78, 5) is 41.2. The number of nitrogens with zero attached hydrogens (tertiary/aromatic N) is 5. The van der Waals surface area contributed by atoms with Crippen LogP contribution in [0.25, 0.3) is 22.0 Å². The van der Waals surface area contributed by atoms with Gasteiger partial charge in [0.1, 0.15) is 11.5 Å². The molecule has 0 bridgehead atoms. The third kappa shape index (κ3) is 5.44. The van der Waals surface area contributed by atoms with E-state index in [0.29, 0.717) is 11.5 Å². The lowest BCUT2D eigenvalue weighted by molar-refractivity contribution is -0.117. The van der Waals surface area contributed by atoms with Crippen molar-refractivity contribution in [3.8, 4) is 23.0 Å². The van der Waals surface area contributed by atoms with Gasteiger partial charge in [-0.25, -0.2) is 15.0 Å². The maximum atomic E-state index is 12.5. The van der Waals surface area contributed by atoms with Crippen molar-refractivity contribution >= 4 is 28.6 Å². The zero-order valence-electron chi connectivity index (χ0n) is 23.5. The lowest BCUT2D eigenvalue weighted by Gasteiger charge is -2.19. The zero-order valence-corrected chi connectivity index (χ0v) is 23.5. The molecule has 4 aromatic rings. The standard InChI is InChI=1S/C31H33N7O2/c1-19-29(20(2)34-31(33-19)38-16-6-7-17-38)24-11-14-27(36-30(40)21(3)32-4)35-25(24)12-8-22-9-13-26-23(18-22)10-15-28(39)37(26)5/h9-11,13-15,18,21,32H,6-7,16-17H2,1-5H3,(H,35,36,40). The highest BCUT2D eigenvalue weighted by atomic mass is 16.2. The normalized spacial score (nSPS) is 13.7. The van der Waals surface area contributed by atoms with Crippen LogP contribution >= 0.6 is 0 Å². The fourth-order valence-electron chi connectivity index (χ4n) is 4.93. The minimum Gasteiger partial charge on any atom is -0.341 e. The molecule has 1 amide bonds. The maximum Gasteiger partial charge on any atom is 0.250 e. The molecule has 1 aromatic carbocycles. The molecule has 1 aliphatic heterocycles. The number of carbonyl (C=O) groups excluding carboxylic acids is 1. The van der Waals surface area contributed by atoms with Crippen molar-refractivity contribution < 1.29 is 4.79 Å². The zero-order chi connectivity index (χ0) is 28.4. The average Bonchev–Trinajstić information content (AvgIpc) is 3.49. The highest BCUT2D eigenvalue weighted by Crippen LogP contribution is 2.30. The van der Waals surface area contributed by atoms with E-state index in [0.717, 1.165) is 70.9 Å². The number of amides is 1. The van der Waals surface area contributed by atoms with Crippen LogP contribution < -0.4 is 21.1 Å². The predicted molar refractivity (Wildman–Crippen MR) is 159 cm³/mol. The van der Waals surface area contributed by atoms with Gasteiger partial charge >= 0.3 is 0 Å². The molecule has 1 fully saturated rings. The molecule has 0 saturated carbocycles. The summed E-state index contributed by atoms with van der Waals surface area (Å²) in [6.07, 6.45) is 2.30. The molecular formula is C31H33N7O2. The summed E-state index contributed by atoms with van der Waals surface area (Å²) in [5.74, 6) is 7.45. The third-order valence-electron chi connectivity index (χ3n) is 7.34. The number of benzene rings is 1. The van der Waals surface area contributed by atoms with Gasteiger partial charge < -0.3 is 20.1 Å². The number of hydrogen-bond acceptors (Lipinski definition) is 7. The average molecular weight is 536 g/mol. The molecule has 5 rings (SSSR count). The number of aromatic nitrogens is 4. The molecule has 3 aromatic heterocycles. The Hall–Kier alpha value is -4.55. The Labute approximate surface area is 233 Å². The molecule has 0 radical (unpaired) electrons. The van der Waals surface area contributed by atoms with Crippen LogP contribution in [0.15, 0.2) is 47.3 Å². The number of rotatable bonds is 5. The second-order valence-corrected chi connectivity index (χ2v) is 10.1. The molecule has 4 heterocycles. The smallest absolute Gasteiger partial charge is 0.250 e. The molecule has 0 aliphatic carbocycles. The molecule has 0 spiro atoms. The first-order valence-electron chi connectivity index (χ1n) is 13.5. The van der Waals surface area contributed by atoms with Crippen molar-refractivity contribution in [3.05, 3.63) is 75.5 Å². The Morgan fingerprint density at radius 3 is 2.40 bits per heavy atom. The third-order valence-corrected chi connectivity index (χ3v) is 7.34. The van der Waals surface area contributed by atoms with Gasteiger partial charge in [-0.05, 0) is 88.4 Å². The largest absolute Gasteiger partial charge is 0.341 e. The van der Waals surface area contributed by atoms with Gasteiger partial charge in [0, 0.05) is 42.9 Å². The van der Waals surface area contributed by atoms with Gasteiger partial charge in [0.15, 0.2) is 0 Å². The summed E-state index contributed by atoms with van der Waals surface area (Å²) in [5, 5.41) is 6.73. The monoisotopic (exact) mass is 535 g/mol. The first-order valence-corrected chi connectivity index (χ1v) is 13.5. The van der Waals surface area contributed by atoms with Gasteiger partial charge in [-0.1, -0.05) is 5.92 Å². The van der Waals surface area contributed by atoms with Gasteiger partial charge in [0.25, 0.3) is 5.56 Å². The number of aryl methyl sites for hydroxylation is 3. The SMILES string of the molecule is CNC(C)C(=O)Nc1ccc(-c2c(C)nc(N3CCCC3)nc2C)c(C#Cc2ccc3c(ccc(=O)n3C)c2)n1. The maximum absolute atomic E-state index is 12.5. The summed E-state index contributed by atoms with van der Waals surface area (Å²) in [5.41, 5.74) is 5.47. The predicted octanol–water partition coefficient (Wildman–Crippen LogP) is 3.55. The van der Waals surface area contributed by atoms with Crippen LogP contribution in [0.5, 0.6) is 0 Å². The van der Waals surface area contributed by atoms with Crippen LogP contribution in [0.4, 0.5) is 11.8 Å². The van der Waals surface area contributed by atoms with Gasteiger partial charge in [-0.3, -0.25) is 9.59 Å². The molecule has 9 nitrogen and oxygen atoms in total. The number of anilines is 2. The van der Waals surface area contributed by atoms with Gasteiger partial charge in [-0.15, -0.1) is 0 Å². The van der Waals surface area contributed by atoms with E-state index in [1.807, 2.05) is 38.1 Å². The van der Waals surface area contributed by atoms with E-state index in [9.17, 15) is 9.59 Å². The van der Waals surface area contributed by atoms with E-state index >= 15 is 0 Å². The first kappa shape index (κ1) is 27.0. The van der Waals surface area contributed by atoms with Crippen LogP contribution in [-0.2, 0) is 11.8 Å². The molecule has 1 saturated heterocycles. The molecule has 9 heteroatoms. The van der Waals surface area contributed by atoms with E-state index in [2.05, 4.69) is 27.4 Å². The minimum atomic E-state index is -0.374. The van der Waals surface area contributed by atoms with E-state index in [4.69, 9.17) is 15.0 Å². The minimum absolute atomic E-state index is 0.0599. The highest BCUT2D eigenvalue weighted by molar-refractivity contribution is 5.94. The van der Waals surface area contributed by atoms with E-state index in [-0.39, 0.29) is 17.5 Å². The van der Waals surface area contributed by atoms with Crippen molar-refractivity contribution in [2.45, 2.75) is 39.7 Å². The van der Waals surface area contributed by atoms with Crippen molar-refractivity contribution in [1.29, 1.82) is 0 Å². The number of likely N-dealkylation sites (N-methyl/N-ethyl adjacent to an activating group) is 1. The molecule has 1 unspecified atom stereocenters. The lowest BCUT2D eigenvalue weighted by atomic mass is 10.0. The van der Waals surface area contributed by atoms with Crippen LogP contribution in [0, 0.1) is 25.7 Å². The Bertz CT molecular complexity index is 1700. The van der Waals surface area contributed by atoms with Gasteiger partial charge in [-0.2, -0.15) is 0 Å². The summed E-state index contributed by atoms with van der Waals surface area (Å²) in [7, 11) is 3.49. The van der Waals surface area contributed by atoms with E-state index in [1.54, 1.807) is 43.8 Å². The van der Waals surface area contributed by atoms with E-state index < -0.39 is 0 Å². The molecule has 2 N–H and O–H groups in total. The van der Waals surface area contributed by atoms with Gasteiger partial charge in [0.05, 0.1) is 22.9 Å². The second-order valence-electron chi connectivity index (χ2n) is 10.1. The lowest BCUT2D eigenvalue weighted by Crippen LogP contribution is -2.35. The van der Waals surface area contributed by atoms with Gasteiger partial charge in [0.2, 0.25) is 11.9 Å². The fourth-order valence-corrected chi connectivity index (χ4v) is 4.93. The van der Waals surface area contributed by atoms with Crippen LogP contribution in [0.1, 0.15) is 42.4 Å². The summed E-state index contributed by atoms with van der Waals surface area (Å²) >= 11 is 0. The quantitative estimate of drug-likeness (QED) is 0.377. The fraction of sp³-hybridized carbons (Fsp3) is 0.323. The van der Waals surface area contributed by atoms with Crippen molar-refractivity contribution in [2.24, 2.45) is 7.05 Å². The van der Waals surface area contributed by atoms with Crippen LogP contribution in [0.3, 0.4) is 0 Å². The molecule has 204 valence electrons. The number of pyridine rings is 2. The van der Waals surface area contributed by atoms with Crippen molar-refractivity contribution in [3.63, 3.8) is 0 Å². The Morgan fingerprint density at radius 2 is 1.70 bits per heavy atom. The highest BCUT2D eigenvalue weighted by Gasteiger charge is 2.20. The Morgan fingerprint density at radius 1 is 0.975 bits per heavy atom. The first-order chi connectivity index (χ1) is 19.2. The van der Waals surface area contributed by atoms with E-state index in [1.165, 1.54) is 0 Å². The summed E-state index contributed by atoms with van der Waals surface area (Å²) < 4.78 is 1.61. The van der Waals surface area contributed by atoms with Crippen LogP contribution in [0.2, 0.25) is 0 Å². The Kier molecular flexibility index (Phi) is 7.63.